The van der Waals surface area contributed by atoms with Gasteiger partial charge in [0, 0.05) is 29.9 Å². The Morgan fingerprint density at radius 3 is 2.62 bits per heavy atom. The number of methoxy groups -OCH3 is 1. The van der Waals surface area contributed by atoms with Gasteiger partial charge in [-0.15, -0.1) is 0 Å². The number of hydrogen-bond donors (Lipinski definition) is 2. The molecule has 0 aliphatic carbocycles. The molecule has 26 heavy (non-hydrogen) atoms. The monoisotopic (exact) mass is 368 g/mol. The Morgan fingerprint density at radius 1 is 1.00 bits per heavy atom. The smallest absolute Gasteiger partial charge is 0.224 e. The van der Waals surface area contributed by atoms with Crippen LogP contribution in [0, 0.1) is 0 Å². The summed E-state index contributed by atoms with van der Waals surface area (Å²) in [5, 5.41) is 7.31. The van der Waals surface area contributed by atoms with Crippen LogP contribution in [-0.4, -0.2) is 23.6 Å². The zero-order chi connectivity index (χ0) is 18.2. The molecule has 6 heteroatoms. The van der Waals surface area contributed by atoms with E-state index >= 15 is 0 Å². The van der Waals surface area contributed by atoms with Gasteiger partial charge in [0.15, 0.2) is 0 Å². The maximum absolute atomic E-state index is 5.90. The van der Waals surface area contributed by atoms with Gasteiger partial charge in [-0.25, -0.2) is 4.98 Å². The molecule has 5 nitrogen and oxygen atoms in total. The summed E-state index contributed by atoms with van der Waals surface area (Å²) in [5.74, 6) is 2.21. The number of nitrogens with zero attached hydrogens (tertiary/aromatic N) is 2. The van der Waals surface area contributed by atoms with Crippen molar-refractivity contribution in [3.63, 3.8) is 0 Å². The number of anilines is 2. The molecule has 0 radical (unpaired) electrons. The fraction of sp³-hybridized carbons (Fsp3) is 0.200. The molecule has 134 valence electrons. The number of rotatable bonds is 8. The van der Waals surface area contributed by atoms with Gasteiger partial charge in [0.25, 0.3) is 0 Å². The Labute approximate surface area is 158 Å². The van der Waals surface area contributed by atoms with Gasteiger partial charge in [0.05, 0.1) is 7.11 Å². The van der Waals surface area contributed by atoms with Crippen LogP contribution in [0.15, 0.2) is 60.8 Å². The van der Waals surface area contributed by atoms with Gasteiger partial charge in [0.1, 0.15) is 11.6 Å². The molecule has 2 aromatic carbocycles. The zero-order valence-corrected chi connectivity index (χ0v) is 15.3. The predicted octanol–water partition coefficient (Wildman–Crippen LogP) is 4.41. The third-order valence-corrected chi connectivity index (χ3v) is 4.17. The lowest BCUT2D eigenvalue weighted by Crippen LogP contribution is -2.09. The summed E-state index contributed by atoms with van der Waals surface area (Å²) in [6.45, 7) is 1.38. The van der Waals surface area contributed by atoms with Crippen molar-refractivity contribution in [1.29, 1.82) is 0 Å². The second kappa shape index (κ2) is 9.06. The fourth-order valence-electron chi connectivity index (χ4n) is 2.55. The molecule has 3 rings (SSSR count). The average molecular weight is 369 g/mol. The molecular formula is C20H21ClN4O. The van der Waals surface area contributed by atoms with E-state index < -0.39 is 0 Å². The third kappa shape index (κ3) is 5.10. The first-order valence-corrected chi connectivity index (χ1v) is 8.79. The minimum Gasteiger partial charge on any atom is -0.496 e. The lowest BCUT2D eigenvalue weighted by atomic mass is 10.1. The molecule has 0 bridgehead atoms. The summed E-state index contributed by atoms with van der Waals surface area (Å²) in [6.07, 6.45) is 2.63. The van der Waals surface area contributed by atoms with Crippen molar-refractivity contribution in [2.45, 2.75) is 13.0 Å². The van der Waals surface area contributed by atoms with E-state index in [-0.39, 0.29) is 0 Å². The fourth-order valence-corrected chi connectivity index (χ4v) is 2.68. The number of para-hydroxylation sites is 1. The largest absolute Gasteiger partial charge is 0.496 e. The Hall–Kier alpha value is -2.79. The standard InChI is InChI=1S/C20H21ClN4O/c1-26-18-5-3-2-4-16(18)14-24-20-23-13-11-19(25-20)22-12-10-15-6-8-17(21)9-7-15/h2-9,11,13H,10,12,14H2,1H3,(H2,22,23,24,25). The van der Waals surface area contributed by atoms with Crippen LogP contribution in [-0.2, 0) is 13.0 Å². The Morgan fingerprint density at radius 2 is 1.81 bits per heavy atom. The summed E-state index contributed by atoms with van der Waals surface area (Å²) in [7, 11) is 1.67. The maximum atomic E-state index is 5.90. The number of hydrogen-bond acceptors (Lipinski definition) is 5. The van der Waals surface area contributed by atoms with Crippen LogP contribution in [0.5, 0.6) is 5.75 Å². The molecule has 0 saturated heterocycles. The molecule has 0 saturated carbocycles. The number of benzene rings is 2. The average Bonchev–Trinajstić information content (AvgIpc) is 2.68. The van der Waals surface area contributed by atoms with Crippen LogP contribution in [0.1, 0.15) is 11.1 Å². The molecular weight excluding hydrogens is 348 g/mol. The Bertz CT molecular complexity index is 839. The lowest BCUT2D eigenvalue weighted by molar-refractivity contribution is 0.410. The van der Waals surface area contributed by atoms with Crippen LogP contribution in [0.4, 0.5) is 11.8 Å². The third-order valence-electron chi connectivity index (χ3n) is 3.92. The molecule has 0 atom stereocenters. The van der Waals surface area contributed by atoms with Crippen molar-refractivity contribution in [1.82, 2.24) is 9.97 Å². The molecule has 0 aliphatic rings. The normalized spacial score (nSPS) is 10.4. The number of nitrogens with one attached hydrogen (secondary N) is 2. The van der Waals surface area contributed by atoms with E-state index in [1.807, 2.05) is 54.6 Å². The van der Waals surface area contributed by atoms with E-state index in [0.29, 0.717) is 12.5 Å². The van der Waals surface area contributed by atoms with Crippen molar-refractivity contribution in [3.8, 4) is 5.75 Å². The highest BCUT2D eigenvalue weighted by atomic mass is 35.5. The number of aromatic nitrogens is 2. The Balaban J connectivity index is 1.53. The van der Waals surface area contributed by atoms with Crippen LogP contribution in [0.3, 0.4) is 0 Å². The van der Waals surface area contributed by atoms with E-state index in [0.717, 1.165) is 35.1 Å². The summed E-state index contributed by atoms with van der Waals surface area (Å²) in [5.41, 5.74) is 2.28. The van der Waals surface area contributed by atoms with Crippen LogP contribution >= 0.6 is 11.6 Å². The van der Waals surface area contributed by atoms with Gasteiger partial charge in [-0.05, 0) is 36.2 Å². The minimum atomic E-state index is 0.576. The molecule has 3 aromatic rings. The number of ether oxygens (including phenoxy) is 1. The van der Waals surface area contributed by atoms with Crippen molar-refractivity contribution in [2.75, 3.05) is 24.3 Å². The van der Waals surface area contributed by atoms with Crippen molar-refractivity contribution < 1.29 is 4.74 Å². The summed E-state index contributed by atoms with van der Waals surface area (Å²) in [4.78, 5) is 8.76. The molecule has 1 heterocycles. The SMILES string of the molecule is COc1ccccc1CNc1nccc(NCCc2ccc(Cl)cc2)n1. The molecule has 0 unspecified atom stereocenters. The van der Waals surface area contributed by atoms with Gasteiger partial charge in [0.2, 0.25) is 5.95 Å². The molecule has 0 aliphatic heterocycles. The molecule has 2 N–H and O–H groups in total. The zero-order valence-electron chi connectivity index (χ0n) is 14.6. The Kier molecular flexibility index (Phi) is 6.28. The number of halogens is 1. The quantitative estimate of drug-likeness (QED) is 0.617. The highest BCUT2D eigenvalue weighted by Gasteiger charge is 2.03. The summed E-state index contributed by atoms with van der Waals surface area (Å²) in [6, 6.07) is 17.6. The summed E-state index contributed by atoms with van der Waals surface area (Å²) >= 11 is 5.90. The maximum Gasteiger partial charge on any atom is 0.224 e. The van der Waals surface area contributed by atoms with Crippen LogP contribution in [0.2, 0.25) is 5.02 Å². The predicted molar refractivity (Wildman–Crippen MR) is 106 cm³/mol. The second-order valence-electron chi connectivity index (χ2n) is 5.73. The van der Waals surface area contributed by atoms with Gasteiger partial charge >= 0.3 is 0 Å². The van der Waals surface area contributed by atoms with Crippen LogP contribution in [0.25, 0.3) is 0 Å². The van der Waals surface area contributed by atoms with E-state index in [1.54, 1.807) is 13.3 Å². The molecule has 0 amide bonds. The highest BCUT2D eigenvalue weighted by molar-refractivity contribution is 6.30. The second-order valence-corrected chi connectivity index (χ2v) is 6.17. The van der Waals surface area contributed by atoms with Gasteiger partial charge in [-0.1, -0.05) is 41.9 Å². The first-order valence-electron chi connectivity index (χ1n) is 8.42. The first kappa shape index (κ1) is 18.0. The molecule has 1 aromatic heterocycles. The topological polar surface area (TPSA) is 59.1 Å². The van der Waals surface area contributed by atoms with E-state index in [4.69, 9.17) is 16.3 Å². The summed E-state index contributed by atoms with van der Waals surface area (Å²) < 4.78 is 5.36. The van der Waals surface area contributed by atoms with Crippen molar-refractivity contribution in [2.24, 2.45) is 0 Å². The molecule has 0 spiro atoms. The van der Waals surface area contributed by atoms with Crippen molar-refractivity contribution in [3.05, 3.63) is 76.9 Å². The lowest BCUT2D eigenvalue weighted by Gasteiger charge is -2.10. The van der Waals surface area contributed by atoms with Gasteiger partial charge < -0.3 is 15.4 Å². The van der Waals surface area contributed by atoms with Crippen molar-refractivity contribution >= 4 is 23.4 Å². The minimum absolute atomic E-state index is 0.576. The van der Waals surface area contributed by atoms with E-state index in [1.165, 1.54) is 5.56 Å². The highest BCUT2D eigenvalue weighted by Crippen LogP contribution is 2.18. The molecule has 0 fully saturated rings. The van der Waals surface area contributed by atoms with Gasteiger partial charge in [-0.2, -0.15) is 4.98 Å². The van der Waals surface area contributed by atoms with E-state index in [9.17, 15) is 0 Å². The van der Waals surface area contributed by atoms with E-state index in [2.05, 4.69) is 20.6 Å². The first-order chi connectivity index (χ1) is 12.7. The van der Waals surface area contributed by atoms with Gasteiger partial charge in [-0.3, -0.25) is 0 Å². The van der Waals surface area contributed by atoms with Crippen LogP contribution < -0.4 is 15.4 Å².